The maximum Gasteiger partial charge on any atom is 0.276 e. The van der Waals surface area contributed by atoms with E-state index in [0.717, 1.165) is 11.3 Å². The Labute approximate surface area is 139 Å². The van der Waals surface area contributed by atoms with Gasteiger partial charge in [0.05, 0.1) is 5.69 Å². The van der Waals surface area contributed by atoms with E-state index in [9.17, 15) is 9.59 Å². The van der Waals surface area contributed by atoms with Gasteiger partial charge >= 0.3 is 0 Å². The molecule has 1 aromatic heterocycles. The number of nitrogens with zero attached hydrogens (tertiary/aromatic N) is 2. The summed E-state index contributed by atoms with van der Waals surface area (Å²) in [6, 6.07) is 18.3. The molecule has 3 rings (SSSR count). The highest BCUT2D eigenvalue weighted by Crippen LogP contribution is 2.20. The Balaban J connectivity index is 1.79. The molecule has 0 spiro atoms. The number of hydrogen-bond acceptors (Lipinski definition) is 3. The molecule has 0 saturated heterocycles. The smallest absolute Gasteiger partial charge is 0.276 e. The Morgan fingerprint density at radius 2 is 1.67 bits per heavy atom. The van der Waals surface area contributed by atoms with Gasteiger partial charge in [0.15, 0.2) is 11.5 Å². The van der Waals surface area contributed by atoms with E-state index in [4.69, 9.17) is 0 Å². The van der Waals surface area contributed by atoms with E-state index in [1.807, 2.05) is 30.3 Å². The first-order chi connectivity index (χ1) is 11.5. The van der Waals surface area contributed by atoms with Crippen LogP contribution in [0, 0.1) is 0 Å². The summed E-state index contributed by atoms with van der Waals surface area (Å²) in [7, 11) is 1.81. The van der Waals surface area contributed by atoms with E-state index in [1.54, 1.807) is 42.1 Å². The monoisotopic (exact) mass is 319 g/mol. The molecule has 1 heterocycles. The Morgan fingerprint density at radius 1 is 1.00 bits per heavy atom. The summed E-state index contributed by atoms with van der Waals surface area (Å²) in [5.41, 5.74) is 3.44. The number of aryl methyl sites for hydroxylation is 1. The molecule has 24 heavy (non-hydrogen) atoms. The highest BCUT2D eigenvalue weighted by molar-refractivity contribution is 6.03. The molecule has 0 aliphatic rings. The van der Waals surface area contributed by atoms with Gasteiger partial charge in [0.1, 0.15) is 0 Å². The number of Topliss-reactive ketones (excluding diaryl/α,β-unsaturated/α-hetero) is 1. The first-order valence-electron chi connectivity index (χ1n) is 7.56. The standard InChI is InChI=1S/C19H17N3O2/c1-13(23)14-8-10-16(11-9-14)20-19(24)17-12-18(22(2)21-17)15-6-4-3-5-7-15/h3-12H,1-2H3,(H,20,24). The predicted octanol–water partition coefficient (Wildman–Crippen LogP) is 3.54. The zero-order chi connectivity index (χ0) is 17.1. The third kappa shape index (κ3) is 3.25. The van der Waals surface area contributed by atoms with Gasteiger partial charge in [-0.1, -0.05) is 30.3 Å². The van der Waals surface area contributed by atoms with Gasteiger partial charge in [0.25, 0.3) is 5.91 Å². The number of benzene rings is 2. The number of rotatable bonds is 4. The Bertz CT molecular complexity index is 881. The van der Waals surface area contributed by atoms with E-state index in [1.165, 1.54) is 6.92 Å². The average molecular weight is 319 g/mol. The highest BCUT2D eigenvalue weighted by Gasteiger charge is 2.14. The van der Waals surface area contributed by atoms with Gasteiger partial charge in [0.2, 0.25) is 0 Å². The van der Waals surface area contributed by atoms with Gasteiger partial charge < -0.3 is 5.32 Å². The van der Waals surface area contributed by atoms with E-state index in [0.29, 0.717) is 16.9 Å². The van der Waals surface area contributed by atoms with Crippen molar-refractivity contribution in [2.24, 2.45) is 7.05 Å². The minimum Gasteiger partial charge on any atom is -0.321 e. The Hall–Kier alpha value is -3.21. The van der Waals surface area contributed by atoms with E-state index < -0.39 is 0 Å². The lowest BCUT2D eigenvalue weighted by Gasteiger charge is -2.03. The van der Waals surface area contributed by atoms with Crippen LogP contribution in [-0.4, -0.2) is 21.5 Å². The van der Waals surface area contributed by atoms with Crippen molar-refractivity contribution in [3.63, 3.8) is 0 Å². The average Bonchev–Trinajstić information content (AvgIpc) is 2.98. The van der Waals surface area contributed by atoms with E-state index in [2.05, 4.69) is 10.4 Å². The minimum absolute atomic E-state index is 0.00916. The number of carbonyl (C=O) groups is 2. The Morgan fingerprint density at radius 3 is 2.29 bits per heavy atom. The topological polar surface area (TPSA) is 64.0 Å². The van der Waals surface area contributed by atoms with Crippen LogP contribution in [0.15, 0.2) is 60.7 Å². The van der Waals surface area contributed by atoms with Crippen LogP contribution in [0.3, 0.4) is 0 Å². The highest BCUT2D eigenvalue weighted by atomic mass is 16.2. The molecule has 1 amide bonds. The molecule has 0 atom stereocenters. The van der Waals surface area contributed by atoms with Gasteiger partial charge in [-0.15, -0.1) is 0 Å². The second-order valence-electron chi connectivity index (χ2n) is 5.49. The molecule has 0 aliphatic heterocycles. The SMILES string of the molecule is CC(=O)c1ccc(NC(=O)c2cc(-c3ccccc3)n(C)n2)cc1. The third-order valence-electron chi connectivity index (χ3n) is 3.73. The number of hydrogen-bond donors (Lipinski definition) is 1. The van der Waals surface area contributed by atoms with Crippen LogP contribution in [0.25, 0.3) is 11.3 Å². The fraction of sp³-hybridized carbons (Fsp3) is 0.105. The molecule has 0 radical (unpaired) electrons. The van der Waals surface area contributed by atoms with Crippen molar-refractivity contribution in [2.45, 2.75) is 6.92 Å². The van der Waals surface area contributed by atoms with Crippen molar-refractivity contribution >= 4 is 17.4 Å². The molecular weight excluding hydrogens is 302 g/mol. The zero-order valence-corrected chi connectivity index (χ0v) is 13.5. The quantitative estimate of drug-likeness (QED) is 0.748. The fourth-order valence-electron chi connectivity index (χ4n) is 2.44. The summed E-state index contributed by atoms with van der Waals surface area (Å²) in [5.74, 6) is -0.298. The summed E-state index contributed by atoms with van der Waals surface area (Å²) in [6.07, 6.45) is 0. The van der Waals surface area contributed by atoms with Crippen molar-refractivity contribution in [3.05, 3.63) is 71.9 Å². The molecule has 0 fully saturated rings. The van der Waals surface area contributed by atoms with Crippen LogP contribution < -0.4 is 5.32 Å². The van der Waals surface area contributed by atoms with Crippen molar-refractivity contribution in [1.29, 1.82) is 0 Å². The normalized spacial score (nSPS) is 10.4. The molecule has 1 N–H and O–H groups in total. The molecule has 0 saturated carbocycles. The van der Waals surface area contributed by atoms with Crippen molar-refractivity contribution in [1.82, 2.24) is 9.78 Å². The summed E-state index contributed by atoms with van der Waals surface area (Å²) in [5, 5.41) is 7.07. The lowest BCUT2D eigenvalue weighted by Crippen LogP contribution is -2.13. The lowest BCUT2D eigenvalue weighted by atomic mass is 10.1. The first-order valence-corrected chi connectivity index (χ1v) is 7.56. The van der Waals surface area contributed by atoms with Gasteiger partial charge in [0, 0.05) is 18.3 Å². The van der Waals surface area contributed by atoms with Crippen LogP contribution >= 0.6 is 0 Å². The maximum absolute atomic E-state index is 12.4. The second kappa shape index (κ2) is 6.50. The maximum atomic E-state index is 12.4. The van der Waals surface area contributed by atoms with Crippen molar-refractivity contribution in [2.75, 3.05) is 5.32 Å². The number of anilines is 1. The second-order valence-corrected chi connectivity index (χ2v) is 5.49. The number of amides is 1. The van der Waals surface area contributed by atoms with Gasteiger partial charge in [-0.25, -0.2) is 0 Å². The van der Waals surface area contributed by atoms with E-state index >= 15 is 0 Å². The molecule has 5 heteroatoms. The summed E-state index contributed by atoms with van der Waals surface area (Å²) >= 11 is 0. The zero-order valence-electron chi connectivity index (χ0n) is 13.5. The van der Waals surface area contributed by atoms with Crippen LogP contribution in [0.4, 0.5) is 5.69 Å². The fourth-order valence-corrected chi connectivity index (χ4v) is 2.44. The van der Waals surface area contributed by atoms with Gasteiger partial charge in [-0.2, -0.15) is 5.10 Å². The van der Waals surface area contributed by atoms with Crippen LogP contribution in [-0.2, 0) is 7.05 Å². The molecular formula is C19H17N3O2. The third-order valence-corrected chi connectivity index (χ3v) is 3.73. The largest absolute Gasteiger partial charge is 0.321 e. The molecule has 0 aliphatic carbocycles. The Kier molecular flexibility index (Phi) is 4.24. The molecule has 2 aromatic carbocycles. The number of nitrogens with one attached hydrogen (secondary N) is 1. The van der Waals surface area contributed by atoms with Crippen molar-refractivity contribution in [3.8, 4) is 11.3 Å². The van der Waals surface area contributed by atoms with Crippen LogP contribution in [0.2, 0.25) is 0 Å². The van der Waals surface area contributed by atoms with Gasteiger partial charge in [-0.05, 0) is 42.8 Å². The molecule has 0 bridgehead atoms. The summed E-state index contributed by atoms with van der Waals surface area (Å²) < 4.78 is 1.68. The summed E-state index contributed by atoms with van der Waals surface area (Å²) in [4.78, 5) is 23.7. The first kappa shape index (κ1) is 15.7. The number of carbonyl (C=O) groups excluding carboxylic acids is 2. The molecule has 120 valence electrons. The van der Waals surface area contributed by atoms with Crippen LogP contribution in [0.1, 0.15) is 27.8 Å². The predicted molar refractivity (Wildman–Crippen MR) is 93.0 cm³/mol. The van der Waals surface area contributed by atoms with E-state index in [-0.39, 0.29) is 11.7 Å². The molecule has 3 aromatic rings. The summed E-state index contributed by atoms with van der Waals surface area (Å²) in [6.45, 7) is 1.51. The molecule has 0 unspecified atom stereocenters. The van der Waals surface area contributed by atoms with Crippen molar-refractivity contribution < 1.29 is 9.59 Å². The number of ketones is 1. The van der Waals surface area contributed by atoms with Gasteiger partial charge in [-0.3, -0.25) is 14.3 Å². The lowest BCUT2D eigenvalue weighted by molar-refractivity contribution is 0.101. The molecule has 5 nitrogen and oxygen atoms in total. The van der Waals surface area contributed by atoms with Crippen LogP contribution in [0.5, 0.6) is 0 Å². The minimum atomic E-state index is -0.289. The number of aromatic nitrogens is 2.